The molecule has 3 heterocycles. The smallest absolute Gasteiger partial charge is 0.222 e. The Hall–Kier alpha value is -2.80. The Morgan fingerprint density at radius 2 is 1.96 bits per heavy atom. The van der Waals surface area contributed by atoms with Crippen LogP contribution >= 0.6 is 0 Å². The van der Waals surface area contributed by atoms with E-state index < -0.39 is 0 Å². The normalized spacial score (nSPS) is 17.5. The molecule has 1 aliphatic rings. The maximum atomic E-state index is 13.5. The van der Waals surface area contributed by atoms with Gasteiger partial charge in [0.15, 0.2) is 0 Å². The first-order valence-corrected chi connectivity index (χ1v) is 8.74. The molecule has 0 saturated carbocycles. The van der Waals surface area contributed by atoms with Crippen molar-refractivity contribution in [3.63, 3.8) is 0 Å². The third-order valence-corrected chi connectivity index (χ3v) is 4.55. The molecule has 1 atom stereocenters. The molecular weight excluding hydrogens is 331 g/mol. The minimum atomic E-state index is -0.193. The highest BCUT2D eigenvalue weighted by Gasteiger charge is 2.22. The highest BCUT2D eigenvalue weighted by molar-refractivity contribution is 5.22. The van der Waals surface area contributed by atoms with Crippen LogP contribution in [-0.2, 0) is 19.6 Å². The minimum Gasteiger partial charge on any atom is -0.354 e. The zero-order valence-electron chi connectivity index (χ0n) is 14.4. The molecule has 26 heavy (non-hydrogen) atoms. The van der Waals surface area contributed by atoms with Crippen LogP contribution in [0.5, 0.6) is 0 Å². The lowest BCUT2D eigenvalue weighted by Crippen LogP contribution is -2.31. The molecule has 1 aromatic carbocycles. The summed E-state index contributed by atoms with van der Waals surface area (Å²) in [5, 5.41) is 7.76. The molecule has 134 valence electrons. The first kappa shape index (κ1) is 16.7. The molecule has 1 aliphatic heterocycles. The van der Waals surface area contributed by atoms with Gasteiger partial charge in [0.1, 0.15) is 5.82 Å². The van der Waals surface area contributed by atoms with Crippen molar-refractivity contribution in [3.8, 4) is 0 Å². The minimum absolute atomic E-state index is 0.193. The number of fused-ring (bicyclic) bond motifs is 1. The number of nitrogens with zero attached hydrogens (tertiary/aromatic N) is 5. The van der Waals surface area contributed by atoms with Gasteiger partial charge in [-0.2, -0.15) is 5.10 Å². The van der Waals surface area contributed by atoms with Crippen LogP contribution in [-0.4, -0.2) is 37.7 Å². The summed E-state index contributed by atoms with van der Waals surface area (Å²) < 4.78 is 15.6. The van der Waals surface area contributed by atoms with E-state index in [1.54, 1.807) is 30.6 Å². The lowest BCUT2D eigenvalue weighted by atomic mass is 10.1. The van der Waals surface area contributed by atoms with Gasteiger partial charge in [-0.1, -0.05) is 12.1 Å². The molecule has 0 fully saturated rings. The van der Waals surface area contributed by atoms with Gasteiger partial charge in [0.25, 0.3) is 0 Å². The third-order valence-electron chi connectivity index (χ3n) is 4.55. The third kappa shape index (κ3) is 4.05. The van der Waals surface area contributed by atoms with E-state index in [9.17, 15) is 4.39 Å². The topological polar surface area (TPSA) is 58.9 Å². The van der Waals surface area contributed by atoms with Crippen molar-refractivity contribution in [1.82, 2.24) is 24.6 Å². The Kier molecular flexibility index (Phi) is 4.88. The SMILES string of the molecule is Fc1cccc(CN2Cc3ccnn3C[C@@H](CNc3ncccn3)C2)c1. The molecule has 1 N–H and O–H groups in total. The lowest BCUT2D eigenvalue weighted by Gasteiger charge is -2.24. The number of benzene rings is 1. The van der Waals surface area contributed by atoms with Crippen LogP contribution in [0.15, 0.2) is 55.0 Å². The van der Waals surface area contributed by atoms with Gasteiger partial charge in [-0.05, 0) is 29.8 Å². The van der Waals surface area contributed by atoms with Crippen molar-refractivity contribution in [2.45, 2.75) is 19.6 Å². The highest BCUT2D eigenvalue weighted by Crippen LogP contribution is 2.19. The Labute approximate surface area is 151 Å². The van der Waals surface area contributed by atoms with Crippen molar-refractivity contribution >= 4 is 5.95 Å². The van der Waals surface area contributed by atoms with E-state index in [0.29, 0.717) is 18.4 Å². The molecule has 3 aromatic rings. The Morgan fingerprint density at radius 3 is 2.81 bits per heavy atom. The maximum Gasteiger partial charge on any atom is 0.222 e. The molecule has 0 aliphatic carbocycles. The quantitative estimate of drug-likeness (QED) is 0.765. The van der Waals surface area contributed by atoms with Gasteiger partial charge >= 0.3 is 0 Å². The highest BCUT2D eigenvalue weighted by atomic mass is 19.1. The molecular formula is C19H21FN6. The summed E-state index contributed by atoms with van der Waals surface area (Å²) in [5.74, 6) is 0.782. The predicted molar refractivity (Wildman–Crippen MR) is 96.8 cm³/mol. The van der Waals surface area contributed by atoms with Gasteiger partial charge in [0.2, 0.25) is 5.95 Å². The molecule has 7 heteroatoms. The van der Waals surface area contributed by atoms with E-state index >= 15 is 0 Å². The second kappa shape index (κ2) is 7.61. The van der Waals surface area contributed by atoms with Crippen LogP contribution in [0.2, 0.25) is 0 Å². The molecule has 0 spiro atoms. The van der Waals surface area contributed by atoms with Crippen LogP contribution in [0.3, 0.4) is 0 Å². The summed E-state index contributed by atoms with van der Waals surface area (Å²) in [5.41, 5.74) is 2.16. The molecule has 0 bridgehead atoms. The largest absolute Gasteiger partial charge is 0.354 e. The van der Waals surface area contributed by atoms with Crippen LogP contribution in [0.1, 0.15) is 11.3 Å². The lowest BCUT2D eigenvalue weighted by molar-refractivity contribution is 0.225. The van der Waals surface area contributed by atoms with Crippen LogP contribution in [0, 0.1) is 11.7 Å². The molecule has 0 unspecified atom stereocenters. The fraction of sp³-hybridized carbons (Fsp3) is 0.316. The number of hydrogen-bond donors (Lipinski definition) is 1. The molecule has 6 nitrogen and oxygen atoms in total. The number of nitrogens with one attached hydrogen (secondary N) is 1. The summed E-state index contributed by atoms with van der Waals surface area (Å²) >= 11 is 0. The Balaban J connectivity index is 1.48. The van der Waals surface area contributed by atoms with Crippen LogP contribution < -0.4 is 5.32 Å². The van der Waals surface area contributed by atoms with Crippen LogP contribution in [0.4, 0.5) is 10.3 Å². The van der Waals surface area contributed by atoms with E-state index in [1.165, 1.54) is 11.8 Å². The van der Waals surface area contributed by atoms with E-state index in [0.717, 1.165) is 31.7 Å². The summed E-state index contributed by atoms with van der Waals surface area (Å²) in [6.07, 6.45) is 5.29. The van der Waals surface area contributed by atoms with Gasteiger partial charge in [0, 0.05) is 57.2 Å². The zero-order chi connectivity index (χ0) is 17.8. The molecule has 2 aromatic heterocycles. The monoisotopic (exact) mass is 352 g/mol. The van der Waals surface area contributed by atoms with E-state index in [1.807, 2.05) is 12.3 Å². The number of anilines is 1. The van der Waals surface area contributed by atoms with Crippen LogP contribution in [0.25, 0.3) is 0 Å². The standard InChI is InChI=1S/C19H21FN6/c20-17-4-1-3-15(9-17)11-25-12-16(10-23-19-21-6-2-7-22-19)13-26-18(14-25)5-8-24-26/h1-9,16H,10-14H2,(H,21,22,23)/t16-/m0/s1. The van der Waals surface area contributed by atoms with Gasteiger partial charge in [-0.3, -0.25) is 9.58 Å². The Morgan fingerprint density at radius 1 is 1.08 bits per heavy atom. The van der Waals surface area contributed by atoms with Crippen molar-refractivity contribution < 1.29 is 4.39 Å². The molecule has 0 saturated heterocycles. The Bertz CT molecular complexity index is 850. The second-order valence-electron chi connectivity index (χ2n) is 6.62. The fourth-order valence-electron chi connectivity index (χ4n) is 3.39. The number of halogens is 1. The summed E-state index contributed by atoms with van der Waals surface area (Å²) in [7, 11) is 0. The van der Waals surface area contributed by atoms with Gasteiger partial charge in [-0.25, -0.2) is 14.4 Å². The van der Waals surface area contributed by atoms with Crippen molar-refractivity contribution in [3.05, 3.63) is 72.1 Å². The van der Waals surface area contributed by atoms with E-state index in [4.69, 9.17) is 0 Å². The summed E-state index contributed by atoms with van der Waals surface area (Å²) in [4.78, 5) is 10.8. The summed E-state index contributed by atoms with van der Waals surface area (Å²) in [6.45, 7) is 3.99. The van der Waals surface area contributed by atoms with Gasteiger partial charge in [-0.15, -0.1) is 0 Å². The first-order chi connectivity index (χ1) is 12.8. The van der Waals surface area contributed by atoms with Crippen molar-refractivity contribution in [2.24, 2.45) is 5.92 Å². The molecule has 4 rings (SSSR count). The van der Waals surface area contributed by atoms with Gasteiger partial charge in [0.05, 0.1) is 5.69 Å². The number of aromatic nitrogens is 4. The number of rotatable bonds is 5. The fourth-order valence-corrected chi connectivity index (χ4v) is 3.39. The molecule has 0 amide bonds. The second-order valence-corrected chi connectivity index (χ2v) is 6.62. The van der Waals surface area contributed by atoms with E-state index in [2.05, 4.69) is 36.0 Å². The first-order valence-electron chi connectivity index (χ1n) is 8.74. The average molecular weight is 352 g/mol. The van der Waals surface area contributed by atoms with Crippen molar-refractivity contribution in [1.29, 1.82) is 0 Å². The zero-order valence-corrected chi connectivity index (χ0v) is 14.4. The maximum absolute atomic E-state index is 13.5. The van der Waals surface area contributed by atoms with E-state index in [-0.39, 0.29) is 5.82 Å². The average Bonchev–Trinajstić information content (AvgIpc) is 3.00. The summed E-state index contributed by atoms with van der Waals surface area (Å²) in [6, 6.07) is 10.7. The van der Waals surface area contributed by atoms with Gasteiger partial charge < -0.3 is 5.32 Å². The molecule has 0 radical (unpaired) electrons. The van der Waals surface area contributed by atoms with Crippen molar-refractivity contribution in [2.75, 3.05) is 18.4 Å². The number of hydrogen-bond acceptors (Lipinski definition) is 5. The predicted octanol–water partition coefficient (Wildman–Crippen LogP) is 2.56.